The van der Waals surface area contributed by atoms with Crippen molar-refractivity contribution in [1.82, 2.24) is 10.6 Å². The van der Waals surface area contributed by atoms with Gasteiger partial charge in [0.2, 0.25) is 0 Å². The molecule has 0 fully saturated rings. The average molecular weight is 268 g/mol. The van der Waals surface area contributed by atoms with E-state index in [-0.39, 0.29) is 12.1 Å². The van der Waals surface area contributed by atoms with Gasteiger partial charge in [0, 0.05) is 12.3 Å². The highest BCUT2D eigenvalue weighted by Gasteiger charge is 2.25. The van der Waals surface area contributed by atoms with Gasteiger partial charge in [-0.05, 0) is 6.42 Å². The third-order valence-electron chi connectivity index (χ3n) is 2.43. The van der Waals surface area contributed by atoms with Crippen LogP contribution >= 0.6 is 11.8 Å². The molecule has 1 aliphatic carbocycles. The fraction of sp³-hybridized carbons (Fsp3) is 0.500. The molecule has 0 spiro atoms. The molecule has 18 heavy (non-hydrogen) atoms. The lowest BCUT2D eigenvalue weighted by Gasteiger charge is -2.12. The van der Waals surface area contributed by atoms with Gasteiger partial charge in [0.15, 0.2) is 0 Å². The maximum absolute atomic E-state index is 11.5. The van der Waals surface area contributed by atoms with Gasteiger partial charge in [-0.25, -0.2) is 4.79 Å². The second-order valence-corrected chi connectivity index (χ2v) is 4.93. The quantitative estimate of drug-likeness (QED) is 0.376. The molecule has 5 nitrogen and oxygen atoms in total. The SMILES string of the molecule is C#CCSCCNC(=O)NC1C=CC(C(=O)O)C1. The zero-order chi connectivity index (χ0) is 13.4. The molecule has 0 saturated carbocycles. The molecule has 0 radical (unpaired) electrons. The average Bonchev–Trinajstić information content (AvgIpc) is 2.77. The van der Waals surface area contributed by atoms with Crippen LogP contribution in [0.2, 0.25) is 0 Å². The minimum Gasteiger partial charge on any atom is -0.481 e. The lowest BCUT2D eigenvalue weighted by Crippen LogP contribution is -2.41. The van der Waals surface area contributed by atoms with Crippen LogP contribution in [0.4, 0.5) is 4.79 Å². The molecule has 0 heterocycles. The van der Waals surface area contributed by atoms with Crippen LogP contribution in [0.1, 0.15) is 6.42 Å². The van der Waals surface area contributed by atoms with Gasteiger partial charge in [-0.2, -0.15) is 0 Å². The summed E-state index contributed by atoms with van der Waals surface area (Å²) in [7, 11) is 0. The summed E-state index contributed by atoms with van der Waals surface area (Å²) in [6.07, 6.45) is 8.82. The largest absolute Gasteiger partial charge is 0.481 e. The van der Waals surface area contributed by atoms with Crippen LogP contribution in [0, 0.1) is 18.3 Å². The number of carboxylic acid groups (broad SMARTS) is 1. The Kier molecular flexibility index (Phi) is 6.15. The van der Waals surface area contributed by atoms with Gasteiger partial charge >= 0.3 is 12.0 Å². The van der Waals surface area contributed by atoms with Crippen LogP contribution in [0.15, 0.2) is 12.2 Å². The molecule has 0 saturated heterocycles. The third-order valence-corrected chi connectivity index (χ3v) is 3.30. The van der Waals surface area contributed by atoms with Crippen molar-refractivity contribution in [2.45, 2.75) is 12.5 Å². The van der Waals surface area contributed by atoms with Crippen molar-refractivity contribution in [2.75, 3.05) is 18.1 Å². The van der Waals surface area contributed by atoms with E-state index in [4.69, 9.17) is 11.5 Å². The summed E-state index contributed by atoms with van der Waals surface area (Å²) >= 11 is 1.57. The van der Waals surface area contributed by atoms with E-state index in [9.17, 15) is 9.59 Å². The first kappa shape index (κ1) is 14.5. The number of carbonyl (C=O) groups excluding carboxylic acids is 1. The molecule has 2 amide bonds. The number of thioether (sulfide) groups is 1. The van der Waals surface area contributed by atoms with Crippen molar-refractivity contribution >= 4 is 23.8 Å². The van der Waals surface area contributed by atoms with E-state index in [1.165, 1.54) is 0 Å². The number of hydrogen-bond acceptors (Lipinski definition) is 3. The number of urea groups is 1. The number of rotatable bonds is 6. The van der Waals surface area contributed by atoms with Crippen LogP contribution in [-0.2, 0) is 4.79 Å². The fourth-order valence-electron chi connectivity index (χ4n) is 1.58. The lowest BCUT2D eigenvalue weighted by molar-refractivity contribution is -0.140. The highest BCUT2D eigenvalue weighted by atomic mass is 32.2. The summed E-state index contributed by atoms with van der Waals surface area (Å²) in [5, 5.41) is 14.2. The van der Waals surface area contributed by atoms with Crippen LogP contribution < -0.4 is 10.6 Å². The van der Waals surface area contributed by atoms with E-state index in [0.29, 0.717) is 18.7 Å². The number of carboxylic acids is 1. The first-order valence-corrected chi connectivity index (χ1v) is 6.75. The normalized spacial score (nSPS) is 21.3. The topological polar surface area (TPSA) is 78.4 Å². The van der Waals surface area contributed by atoms with Crippen molar-refractivity contribution in [3.63, 3.8) is 0 Å². The van der Waals surface area contributed by atoms with E-state index >= 15 is 0 Å². The Morgan fingerprint density at radius 2 is 2.28 bits per heavy atom. The molecule has 98 valence electrons. The van der Waals surface area contributed by atoms with Gasteiger partial charge in [-0.15, -0.1) is 18.2 Å². The van der Waals surface area contributed by atoms with E-state index in [2.05, 4.69) is 16.6 Å². The standard InChI is InChI=1S/C12H16N2O3S/c1-2-6-18-7-5-13-12(17)14-10-4-3-9(8-10)11(15)16/h1,3-4,9-10H,5-8H2,(H,15,16)(H2,13,14,17). The van der Waals surface area contributed by atoms with Gasteiger partial charge in [0.25, 0.3) is 0 Å². The minimum atomic E-state index is -0.860. The van der Waals surface area contributed by atoms with E-state index < -0.39 is 11.9 Å². The Hall–Kier alpha value is -1.61. The Labute approximate surface area is 110 Å². The molecule has 2 atom stereocenters. The van der Waals surface area contributed by atoms with Crippen molar-refractivity contribution in [2.24, 2.45) is 5.92 Å². The predicted molar refractivity (Wildman–Crippen MR) is 71.4 cm³/mol. The van der Waals surface area contributed by atoms with Gasteiger partial charge in [0.05, 0.1) is 17.7 Å². The molecule has 1 rings (SSSR count). The number of terminal acetylenes is 1. The van der Waals surface area contributed by atoms with Crippen LogP contribution in [0.3, 0.4) is 0 Å². The van der Waals surface area contributed by atoms with Crippen molar-refractivity contribution in [3.8, 4) is 12.3 Å². The molecule has 6 heteroatoms. The smallest absolute Gasteiger partial charge is 0.315 e. The first-order chi connectivity index (χ1) is 8.63. The molecule has 0 aliphatic heterocycles. The highest BCUT2D eigenvalue weighted by Crippen LogP contribution is 2.17. The van der Waals surface area contributed by atoms with Crippen molar-refractivity contribution in [1.29, 1.82) is 0 Å². The second kappa shape index (κ2) is 7.67. The number of aliphatic carboxylic acids is 1. The maximum atomic E-state index is 11.5. The summed E-state index contributed by atoms with van der Waals surface area (Å²) in [6, 6.07) is -0.485. The monoisotopic (exact) mass is 268 g/mol. The second-order valence-electron chi connectivity index (χ2n) is 3.83. The molecule has 3 N–H and O–H groups in total. The van der Waals surface area contributed by atoms with Crippen LogP contribution in [-0.4, -0.2) is 41.2 Å². The lowest BCUT2D eigenvalue weighted by atomic mass is 10.1. The summed E-state index contributed by atoms with van der Waals surface area (Å²) in [6.45, 7) is 0.539. The van der Waals surface area contributed by atoms with Crippen molar-refractivity contribution < 1.29 is 14.7 Å². The summed E-state index contributed by atoms with van der Waals surface area (Å²) in [5.74, 6) is 2.54. The third kappa shape index (κ3) is 5.15. The minimum absolute atomic E-state index is 0.204. The van der Waals surface area contributed by atoms with E-state index in [1.54, 1.807) is 23.9 Å². The Morgan fingerprint density at radius 3 is 2.89 bits per heavy atom. The van der Waals surface area contributed by atoms with E-state index in [0.717, 1.165) is 5.75 Å². The number of nitrogens with one attached hydrogen (secondary N) is 2. The van der Waals surface area contributed by atoms with Crippen molar-refractivity contribution in [3.05, 3.63) is 12.2 Å². The summed E-state index contributed by atoms with van der Waals surface area (Å²) < 4.78 is 0. The molecular formula is C12H16N2O3S. The van der Waals surface area contributed by atoms with Gasteiger partial charge in [-0.1, -0.05) is 18.1 Å². The van der Waals surface area contributed by atoms with Crippen LogP contribution in [0.25, 0.3) is 0 Å². The summed E-state index contributed by atoms with van der Waals surface area (Å²) in [4.78, 5) is 22.2. The highest BCUT2D eigenvalue weighted by molar-refractivity contribution is 7.99. The Bertz CT molecular complexity index is 376. The number of amides is 2. The molecule has 0 aromatic heterocycles. The van der Waals surface area contributed by atoms with E-state index in [1.807, 2.05) is 0 Å². The summed E-state index contributed by atoms with van der Waals surface area (Å²) in [5.41, 5.74) is 0. The molecule has 0 aromatic carbocycles. The molecule has 2 unspecified atom stereocenters. The molecule has 0 bridgehead atoms. The molecule has 1 aliphatic rings. The van der Waals surface area contributed by atoms with Gasteiger partial charge < -0.3 is 15.7 Å². The molecule has 0 aromatic rings. The maximum Gasteiger partial charge on any atom is 0.315 e. The van der Waals surface area contributed by atoms with Crippen LogP contribution in [0.5, 0.6) is 0 Å². The number of carbonyl (C=O) groups is 2. The number of hydrogen-bond donors (Lipinski definition) is 3. The Morgan fingerprint density at radius 1 is 1.50 bits per heavy atom. The predicted octanol–water partition coefficient (Wildman–Crippen LogP) is 0.681. The zero-order valence-corrected chi connectivity index (χ0v) is 10.7. The van der Waals surface area contributed by atoms with Gasteiger partial charge in [-0.3, -0.25) is 4.79 Å². The fourth-order valence-corrected chi connectivity index (χ4v) is 2.08. The molecular weight excluding hydrogens is 252 g/mol. The first-order valence-electron chi connectivity index (χ1n) is 5.60. The zero-order valence-electron chi connectivity index (χ0n) is 9.89. The van der Waals surface area contributed by atoms with Gasteiger partial charge in [0.1, 0.15) is 0 Å². The Balaban J connectivity index is 2.13.